The lowest BCUT2D eigenvalue weighted by Crippen LogP contribution is -2.16. The van der Waals surface area contributed by atoms with Gasteiger partial charge in [-0.2, -0.15) is 5.10 Å². The highest BCUT2D eigenvalue weighted by molar-refractivity contribution is 5.71. The van der Waals surface area contributed by atoms with E-state index < -0.39 is 12.3 Å². The topological polar surface area (TPSA) is 26.5 Å². The van der Waals surface area contributed by atoms with Crippen molar-refractivity contribution >= 4 is 5.52 Å². The smallest absolute Gasteiger partial charge is 0.406 e. The summed E-state index contributed by atoms with van der Waals surface area (Å²) in [4.78, 5) is 0. The van der Waals surface area contributed by atoms with Gasteiger partial charge in [-0.1, -0.05) is 12.1 Å². The van der Waals surface area contributed by atoms with Crippen molar-refractivity contribution in [3.8, 4) is 16.9 Å². The quantitative estimate of drug-likeness (QED) is 0.626. The number of fused-ring (bicyclic) bond motifs is 1. The Morgan fingerprint density at radius 3 is 2.21 bits per heavy atom. The first-order valence-electron chi connectivity index (χ1n) is 6.85. The number of hydrogen-bond donors (Lipinski definition) is 0. The Bertz CT molecular complexity index is 863. The van der Waals surface area contributed by atoms with Gasteiger partial charge in [-0.3, -0.25) is 0 Å². The third-order valence-electron chi connectivity index (χ3n) is 3.42. The van der Waals surface area contributed by atoms with Crippen LogP contribution in [0.3, 0.4) is 0 Å². The molecule has 3 aromatic rings. The number of aromatic nitrogens is 2. The molecule has 0 aliphatic heterocycles. The maximum Gasteiger partial charge on any atom is 0.573 e. The first-order valence-corrected chi connectivity index (χ1v) is 6.85. The standard InChI is InChI=1S/C16H11F5N2O/c1-15(17,18)13-9-22-23-7-6-11(8-14(13)23)10-2-4-12(5-3-10)24-16(19,20)21/h2-9H,1H3. The molecule has 0 saturated heterocycles. The van der Waals surface area contributed by atoms with Crippen LogP contribution in [0.4, 0.5) is 22.0 Å². The van der Waals surface area contributed by atoms with Gasteiger partial charge in [-0.15, -0.1) is 13.2 Å². The van der Waals surface area contributed by atoms with Crippen molar-refractivity contribution in [2.45, 2.75) is 19.2 Å². The fourth-order valence-corrected chi connectivity index (χ4v) is 2.35. The predicted molar refractivity (Wildman–Crippen MR) is 76.9 cm³/mol. The summed E-state index contributed by atoms with van der Waals surface area (Å²) in [6.45, 7) is 0.778. The van der Waals surface area contributed by atoms with E-state index in [0.717, 1.165) is 13.1 Å². The monoisotopic (exact) mass is 342 g/mol. The number of halogens is 5. The minimum Gasteiger partial charge on any atom is -0.406 e. The van der Waals surface area contributed by atoms with Crippen LogP contribution < -0.4 is 4.74 Å². The molecule has 24 heavy (non-hydrogen) atoms. The van der Waals surface area contributed by atoms with Gasteiger partial charge in [0.2, 0.25) is 0 Å². The van der Waals surface area contributed by atoms with Gasteiger partial charge in [0, 0.05) is 13.1 Å². The number of nitrogens with zero attached hydrogens (tertiary/aromatic N) is 2. The molecule has 2 heterocycles. The van der Waals surface area contributed by atoms with Gasteiger partial charge in [0.05, 0.1) is 17.3 Å². The summed E-state index contributed by atoms with van der Waals surface area (Å²) >= 11 is 0. The Balaban J connectivity index is 1.97. The average molecular weight is 342 g/mol. The van der Waals surface area contributed by atoms with Crippen LogP contribution in [0.1, 0.15) is 12.5 Å². The average Bonchev–Trinajstić information content (AvgIpc) is 2.89. The van der Waals surface area contributed by atoms with E-state index in [1.165, 1.54) is 41.0 Å². The van der Waals surface area contributed by atoms with Crippen molar-refractivity contribution in [2.75, 3.05) is 0 Å². The molecule has 0 aliphatic rings. The van der Waals surface area contributed by atoms with Crippen LogP contribution in [-0.4, -0.2) is 16.0 Å². The van der Waals surface area contributed by atoms with Crippen molar-refractivity contribution in [2.24, 2.45) is 0 Å². The Kier molecular flexibility index (Phi) is 3.70. The zero-order valence-electron chi connectivity index (χ0n) is 12.3. The zero-order valence-corrected chi connectivity index (χ0v) is 12.3. The molecule has 0 atom stereocenters. The summed E-state index contributed by atoms with van der Waals surface area (Å²) in [5, 5.41) is 3.87. The lowest BCUT2D eigenvalue weighted by atomic mass is 10.0. The van der Waals surface area contributed by atoms with Crippen LogP contribution in [0.15, 0.2) is 48.8 Å². The third kappa shape index (κ3) is 3.32. The molecule has 0 N–H and O–H groups in total. The molecule has 0 spiro atoms. The van der Waals surface area contributed by atoms with Crippen molar-refractivity contribution in [3.05, 3.63) is 54.4 Å². The molecule has 3 nitrogen and oxygen atoms in total. The highest BCUT2D eigenvalue weighted by atomic mass is 19.4. The number of benzene rings is 1. The van der Waals surface area contributed by atoms with E-state index >= 15 is 0 Å². The summed E-state index contributed by atoms with van der Waals surface area (Å²) in [6.07, 6.45) is -2.15. The number of alkyl halides is 5. The zero-order chi connectivity index (χ0) is 17.5. The summed E-state index contributed by atoms with van der Waals surface area (Å²) in [5.74, 6) is -3.40. The molecule has 126 valence electrons. The van der Waals surface area contributed by atoms with E-state index in [0.29, 0.717) is 11.1 Å². The first-order chi connectivity index (χ1) is 11.1. The third-order valence-corrected chi connectivity index (χ3v) is 3.42. The van der Waals surface area contributed by atoms with Gasteiger partial charge in [-0.25, -0.2) is 13.3 Å². The summed E-state index contributed by atoms with van der Waals surface area (Å²) in [5.41, 5.74) is 1.16. The van der Waals surface area contributed by atoms with E-state index in [2.05, 4.69) is 9.84 Å². The molecule has 0 radical (unpaired) electrons. The summed E-state index contributed by atoms with van der Waals surface area (Å²) in [6, 6.07) is 8.33. The molecule has 8 heteroatoms. The van der Waals surface area contributed by atoms with Gasteiger partial charge in [0.15, 0.2) is 0 Å². The van der Waals surface area contributed by atoms with Gasteiger partial charge in [0.25, 0.3) is 5.92 Å². The molecule has 0 amide bonds. The highest BCUT2D eigenvalue weighted by Crippen LogP contribution is 2.33. The number of rotatable bonds is 3. The Morgan fingerprint density at radius 2 is 1.62 bits per heavy atom. The van der Waals surface area contributed by atoms with E-state index in [4.69, 9.17) is 0 Å². The summed E-state index contributed by atoms with van der Waals surface area (Å²) < 4.78 is 68.8. The molecule has 0 saturated carbocycles. The molecular weight excluding hydrogens is 331 g/mol. The molecule has 0 fully saturated rings. The van der Waals surface area contributed by atoms with Crippen molar-refractivity contribution in [3.63, 3.8) is 0 Å². The Morgan fingerprint density at radius 1 is 0.958 bits per heavy atom. The molecule has 0 unspecified atom stereocenters. The molecule has 0 aliphatic carbocycles. The normalized spacial score (nSPS) is 12.6. The minimum atomic E-state index is -4.76. The second-order valence-corrected chi connectivity index (χ2v) is 5.26. The van der Waals surface area contributed by atoms with Crippen LogP contribution in [0.5, 0.6) is 5.75 Å². The fraction of sp³-hybridized carbons (Fsp3) is 0.188. The van der Waals surface area contributed by atoms with Gasteiger partial charge < -0.3 is 4.74 Å². The number of hydrogen-bond acceptors (Lipinski definition) is 2. The van der Waals surface area contributed by atoms with Crippen LogP contribution >= 0.6 is 0 Å². The maximum atomic E-state index is 13.6. The summed E-state index contributed by atoms with van der Waals surface area (Å²) in [7, 11) is 0. The SMILES string of the molecule is CC(F)(F)c1cnn2ccc(-c3ccc(OC(F)(F)F)cc3)cc12. The molecular formula is C16H11F5N2O. The predicted octanol–water partition coefficient (Wildman–Crippen LogP) is 5.01. The van der Waals surface area contributed by atoms with Gasteiger partial charge in [0.1, 0.15) is 5.75 Å². The first kappa shape index (κ1) is 16.2. The van der Waals surface area contributed by atoms with Crippen LogP contribution in [-0.2, 0) is 5.92 Å². The van der Waals surface area contributed by atoms with Crippen molar-refractivity contribution in [1.29, 1.82) is 0 Å². The van der Waals surface area contributed by atoms with Crippen molar-refractivity contribution in [1.82, 2.24) is 9.61 Å². The number of pyridine rings is 1. The Labute approximate surface area is 133 Å². The van der Waals surface area contributed by atoms with E-state index in [9.17, 15) is 22.0 Å². The van der Waals surface area contributed by atoms with Gasteiger partial charge >= 0.3 is 6.36 Å². The lowest BCUT2D eigenvalue weighted by molar-refractivity contribution is -0.274. The fourth-order valence-electron chi connectivity index (χ4n) is 2.35. The maximum absolute atomic E-state index is 13.6. The molecule has 0 bridgehead atoms. The Hall–Kier alpha value is -2.64. The van der Waals surface area contributed by atoms with Crippen LogP contribution in [0, 0.1) is 0 Å². The second-order valence-electron chi connectivity index (χ2n) is 5.26. The largest absolute Gasteiger partial charge is 0.573 e. The van der Waals surface area contributed by atoms with E-state index in [1.54, 1.807) is 6.07 Å². The number of ether oxygens (including phenoxy) is 1. The van der Waals surface area contributed by atoms with Gasteiger partial charge in [-0.05, 0) is 35.4 Å². The molecule has 3 rings (SSSR count). The van der Waals surface area contributed by atoms with E-state index in [-0.39, 0.29) is 16.8 Å². The van der Waals surface area contributed by atoms with Crippen LogP contribution in [0.2, 0.25) is 0 Å². The second kappa shape index (κ2) is 5.47. The molecule has 1 aromatic carbocycles. The molecule has 2 aromatic heterocycles. The van der Waals surface area contributed by atoms with Crippen LogP contribution in [0.25, 0.3) is 16.6 Å². The van der Waals surface area contributed by atoms with E-state index in [1.807, 2.05) is 0 Å². The highest BCUT2D eigenvalue weighted by Gasteiger charge is 2.31. The van der Waals surface area contributed by atoms with Crippen molar-refractivity contribution < 1.29 is 26.7 Å². The minimum absolute atomic E-state index is 0.221. The lowest BCUT2D eigenvalue weighted by Gasteiger charge is -2.10.